The second-order valence-corrected chi connectivity index (χ2v) is 4.83. The molecule has 0 radical (unpaired) electrons. The average molecular weight is 272 g/mol. The van der Waals surface area contributed by atoms with Crippen LogP contribution in [0.5, 0.6) is 5.75 Å². The van der Waals surface area contributed by atoms with E-state index in [4.69, 9.17) is 10.5 Å². The summed E-state index contributed by atoms with van der Waals surface area (Å²) in [6.45, 7) is 6.95. The highest BCUT2D eigenvalue weighted by molar-refractivity contribution is 5.30. The Bertz CT molecular complexity index is 586. The van der Waals surface area contributed by atoms with Gasteiger partial charge in [0.2, 0.25) is 0 Å². The molecule has 1 aromatic heterocycles. The van der Waals surface area contributed by atoms with Gasteiger partial charge in [-0.1, -0.05) is 29.5 Å². The molecule has 2 aromatic rings. The first kappa shape index (κ1) is 14.3. The molecule has 0 atom stereocenters. The van der Waals surface area contributed by atoms with Gasteiger partial charge in [-0.15, -0.1) is 5.10 Å². The van der Waals surface area contributed by atoms with Crippen molar-refractivity contribution in [3.63, 3.8) is 0 Å². The number of aromatic nitrogens is 3. The summed E-state index contributed by atoms with van der Waals surface area (Å²) < 4.78 is 7.03. The smallest absolute Gasteiger partial charge is 0.118 e. The van der Waals surface area contributed by atoms with Gasteiger partial charge in [0.15, 0.2) is 0 Å². The Morgan fingerprint density at radius 2 is 2.05 bits per heavy atom. The van der Waals surface area contributed by atoms with Crippen molar-refractivity contribution in [3.8, 4) is 5.75 Å². The quantitative estimate of drug-likeness (QED) is 0.816. The SMILES string of the molecule is C=C(C)Cn1nnc(CN)c1Cc1ccc(OC)cc1. The van der Waals surface area contributed by atoms with Crippen molar-refractivity contribution >= 4 is 0 Å². The molecule has 0 saturated carbocycles. The van der Waals surface area contributed by atoms with E-state index >= 15 is 0 Å². The van der Waals surface area contributed by atoms with Gasteiger partial charge in [0.05, 0.1) is 25.0 Å². The molecule has 0 fully saturated rings. The normalized spacial score (nSPS) is 10.6. The largest absolute Gasteiger partial charge is 0.497 e. The molecule has 0 bridgehead atoms. The van der Waals surface area contributed by atoms with Gasteiger partial charge in [-0.25, -0.2) is 4.68 Å². The van der Waals surface area contributed by atoms with E-state index in [9.17, 15) is 0 Å². The number of allylic oxidation sites excluding steroid dienone is 1. The lowest BCUT2D eigenvalue weighted by atomic mass is 10.1. The maximum atomic E-state index is 5.74. The molecule has 5 heteroatoms. The van der Waals surface area contributed by atoms with Crippen molar-refractivity contribution in [3.05, 3.63) is 53.4 Å². The highest BCUT2D eigenvalue weighted by Crippen LogP contribution is 2.17. The topological polar surface area (TPSA) is 66.0 Å². The van der Waals surface area contributed by atoms with Gasteiger partial charge >= 0.3 is 0 Å². The number of nitrogens with two attached hydrogens (primary N) is 1. The number of benzene rings is 1. The molecule has 0 saturated heterocycles. The van der Waals surface area contributed by atoms with Crippen LogP contribution < -0.4 is 10.5 Å². The Morgan fingerprint density at radius 1 is 1.35 bits per heavy atom. The second kappa shape index (κ2) is 6.34. The van der Waals surface area contributed by atoms with E-state index in [2.05, 4.69) is 16.9 Å². The molecule has 1 aromatic carbocycles. The Morgan fingerprint density at radius 3 is 2.60 bits per heavy atom. The van der Waals surface area contributed by atoms with E-state index in [1.54, 1.807) is 7.11 Å². The third-order valence-electron chi connectivity index (χ3n) is 3.06. The number of ether oxygens (including phenoxy) is 1. The van der Waals surface area contributed by atoms with Crippen molar-refractivity contribution in [2.24, 2.45) is 5.73 Å². The van der Waals surface area contributed by atoms with Crippen molar-refractivity contribution in [1.82, 2.24) is 15.0 Å². The molecule has 0 aliphatic rings. The van der Waals surface area contributed by atoms with Crippen LogP contribution in [-0.4, -0.2) is 22.1 Å². The van der Waals surface area contributed by atoms with Gasteiger partial charge in [0.1, 0.15) is 5.75 Å². The van der Waals surface area contributed by atoms with Crippen LogP contribution in [-0.2, 0) is 19.5 Å². The predicted octanol–water partition coefficient (Wildman–Crippen LogP) is 1.91. The van der Waals surface area contributed by atoms with E-state index in [-0.39, 0.29) is 0 Å². The van der Waals surface area contributed by atoms with E-state index in [1.807, 2.05) is 35.9 Å². The van der Waals surface area contributed by atoms with Crippen molar-refractivity contribution in [2.45, 2.75) is 26.4 Å². The summed E-state index contributed by atoms with van der Waals surface area (Å²) in [4.78, 5) is 0. The van der Waals surface area contributed by atoms with Gasteiger partial charge in [0, 0.05) is 13.0 Å². The van der Waals surface area contributed by atoms with E-state index < -0.39 is 0 Å². The maximum absolute atomic E-state index is 5.74. The summed E-state index contributed by atoms with van der Waals surface area (Å²) in [6, 6.07) is 7.98. The van der Waals surface area contributed by atoms with Gasteiger partial charge in [-0.3, -0.25) is 0 Å². The number of nitrogens with zero attached hydrogens (tertiary/aromatic N) is 3. The van der Waals surface area contributed by atoms with Crippen LogP contribution in [0.3, 0.4) is 0 Å². The minimum atomic E-state index is 0.391. The van der Waals surface area contributed by atoms with Crippen LogP contribution in [0.25, 0.3) is 0 Å². The third-order valence-corrected chi connectivity index (χ3v) is 3.06. The van der Waals surface area contributed by atoms with E-state index in [0.717, 1.165) is 29.1 Å². The Kier molecular flexibility index (Phi) is 4.53. The molecule has 106 valence electrons. The average Bonchev–Trinajstić information content (AvgIpc) is 2.81. The van der Waals surface area contributed by atoms with Crippen molar-refractivity contribution < 1.29 is 4.74 Å². The Labute approximate surface area is 119 Å². The second-order valence-electron chi connectivity index (χ2n) is 4.83. The highest BCUT2D eigenvalue weighted by atomic mass is 16.5. The zero-order valence-electron chi connectivity index (χ0n) is 12.0. The Hall–Kier alpha value is -2.14. The molecule has 5 nitrogen and oxygen atoms in total. The van der Waals surface area contributed by atoms with Crippen LogP contribution in [0.2, 0.25) is 0 Å². The lowest BCUT2D eigenvalue weighted by Gasteiger charge is -2.08. The van der Waals surface area contributed by atoms with Crippen molar-refractivity contribution in [2.75, 3.05) is 7.11 Å². The van der Waals surface area contributed by atoms with Crippen LogP contribution in [0, 0.1) is 0 Å². The molecule has 0 aliphatic heterocycles. The van der Waals surface area contributed by atoms with E-state index in [1.165, 1.54) is 5.56 Å². The highest BCUT2D eigenvalue weighted by Gasteiger charge is 2.12. The zero-order valence-corrected chi connectivity index (χ0v) is 12.0. The molecule has 0 amide bonds. The summed E-state index contributed by atoms with van der Waals surface area (Å²) in [6.07, 6.45) is 0.747. The maximum Gasteiger partial charge on any atom is 0.118 e. The first-order valence-corrected chi connectivity index (χ1v) is 6.52. The van der Waals surface area contributed by atoms with Crippen LogP contribution in [0.4, 0.5) is 0 Å². The molecule has 0 unspecified atom stereocenters. The fourth-order valence-corrected chi connectivity index (χ4v) is 2.04. The minimum absolute atomic E-state index is 0.391. The van der Waals surface area contributed by atoms with Crippen LogP contribution in [0.15, 0.2) is 36.4 Å². The monoisotopic (exact) mass is 272 g/mol. The van der Waals surface area contributed by atoms with Gasteiger partial charge in [-0.2, -0.15) is 0 Å². The molecule has 0 spiro atoms. The summed E-state index contributed by atoms with van der Waals surface area (Å²) in [7, 11) is 1.66. The fraction of sp³-hybridized carbons (Fsp3) is 0.333. The molecule has 2 rings (SSSR count). The van der Waals surface area contributed by atoms with E-state index in [0.29, 0.717) is 13.1 Å². The first-order valence-electron chi connectivity index (χ1n) is 6.52. The number of rotatable bonds is 6. The molecular weight excluding hydrogens is 252 g/mol. The lowest BCUT2D eigenvalue weighted by Crippen LogP contribution is -2.09. The summed E-state index contributed by atoms with van der Waals surface area (Å²) in [5.41, 5.74) is 9.82. The molecule has 2 N–H and O–H groups in total. The third kappa shape index (κ3) is 3.24. The number of hydrogen-bond donors (Lipinski definition) is 1. The van der Waals surface area contributed by atoms with Crippen molar-refractivity contribution in [1.29, 1.82) is 0 Å². The molecule has 20 heavy (non-hydrogen) atoms. The zero-order chi connectivity index (χ0) is 14.5. The predicted molar refractivity (Wildman–Crippen MR) is 78.5 cm³/mol. The molecule has 0 aliphatic carbocycles. The summed E-state index contributed by atoms with van der Waals surface area (Å²) in [5, 5.41) is 8.30. The number of hydrogen-bond acceptors (Lipinski definition) is 4. The minimum Gasteiger partial charge on any atom is -0.497 e. The van der Waals surface area contributed by atoms with Gasteiger partial charge < -0.3 is 10.5 Å². The summed E-state index contributed by atoms with van der Waals surface area (Å²) >= 11 is 0. The Balaban J connectivity index is 2.25. The van der Waals surface area contributed by atoms with Crippen LogP contribution in [0.1, 0.15) is 23.9 Å². The molecule has 1 heterocycles. The lowest BCUT2D eigenvalue weighted by molar-refractivity contribution is 0.414. The van der Waals surface area contributed by atoms with Gasteiger partial charge in [0.25, 0.3) is 0 Å². The molecular formula is C15H20N4O. The van der Waals surface area contributed by atoms with Gasteiger partial charge in [-0.05, 0) is 24.6 Å². The first-order chi connectivity index (χ1) is 9.63. The standard InChI is InChI=1S/C15H20N4O/c1-11(2)10-19-15(14(9-16)17-18-19)8-12-4-6-13(20-3)7-5-12/h4-7H,1,8-10,16H2,2-3H3. The number of methoxy groups -OCH3 is 1. The fourth-order valence-electron chi connectivity index (χ4n) is 2.04. The van der Waals surface area contributed by atoms with Crippen LogP contribution >= 0.6 is 0 Å². The summed E-state index contributed by atoms with van der Waals surface area (Å²) in [5.74, 6) is 0.848.